The van der Waals surface area contributed by atoms with E-state index >= 15 is 0 Å². The van der Waals surface area contributed by atoms with Crippen LogP contribution in [0.4, 0.5) is 0 Å². The average molecular weight is 386 g/mol. The SMILES string of the molecule is N#Cc1cccc(C(=O)N2Cc3cncn3[C@@H](C(=O)NCc3cccnc3)C2)c1. The number of imidazole rings is 1. The summed E-state index contributed by atoms with van der Waals surface area (Å²) in [4.78, 5) is 35.7. The fourth-order valence-corrected chi connectivity index (χ4v) is 3.37. The quantitative estimate of drug-likeness (QED) is 0.734. The maximum Gasteiger partial charge on any atom is 0.254 e. The average Bonchev–Trinajstić information content (AvgIpc) is 3.25. The number of nitriles is 1. The Bertz CT molecular complexity index is 1090. The lowest BCUT2D eigenvalue weighted by Crippen LogP contribution is -2.46. The standard InChI is InChI=1S/C21H18N6O2/c22-8-15-3-1-5-17(7-15)21(29)26-12-18-11-24-14-27(18)19(13-26)20(28)25-10-16-4-2-6-23-9-16/h1-7,9,11,14,19H,10,12-13H2,(H,25,28)/t19-/m1/s1. The molecular formula is C21H18N6O2. The van der Waals surface area contributed by atoms with Crippen LogP contribution in [0.25, 0.3) is 0 Å². The number of carbonyl (C=O) groups is 2. The molecule has 0 radical (unpaired) electrons. The van der Waals surface area contributed by atoms with Gasteiger partial charge in [0.25, 0.3) is 5.91 Å². The van der Waals surface area contributed by atoms with Crippen LogP contribution < -0.4 is 5.32 Å². The van der Waals surface area contributed by atoms with Crippen molar-refractivity contribution >= 4 is 11.8 Å². The van der Waals surface area contributed by atoms with Crippen molar-refractivity contribution in [1.29, 1.82) is 5.26 Å². The number of nitrogens with zero attached hydrogens (tertiary/aromatic N) is 5. The van der Waals surface area contributed by atoms with Crippen molar-refractivity contribution in [2.45, 2.75) is 19.1 Å². The van der Waals surface area contributed by atoms with Crippen molar-refractivity contribution in [1.82, 2.24) is 24.8 Å². The lowest BCUT2D eigenvalue weighted by atomic mass is 10.1. The number of pyridine rings is 1. The van der Waals surface area contributed by atoms with Crippen molar-refractivity contribution < 1.29 is 9.59 Å². The van der Waals surface area contributed by atoms with Gasteiger partial charge >= 0.3 is 0 Å². The molecule has 0 saturated heterocycles. The summed E-state index contributed by atoms with van der Waals surface area (Å²) in [6, 6.07) is 11.7. The smallest absolute Gasteiger partial charge is 0.254 e. The molecule has 2 amide bonds. The van der Waals surface area contributed by atoms with Gasteiger partial charge in [-0.05, 0) is 29.8 Å². The maximum absolute atomic E-state index is 13.0. The largest absolute Gasteiger partial charge is 0.350 e. The van der Waals surface area contributed by atoms with Crippen LogP contribution in [0.3, 0.4) is 0 Å². The van der Waals surface area contributed by atoms with Crippen LogP contribution in [0.2, 0.25) is 0 Å². The van der Waals surface area contributed by atoms with Crippen molar-refractivity contribution in [2.75, 3.05) is 6.54 Å². The van der Waals surface area contributed by atoms with Crippen LogP contribution >= 0.6 is 0 Å². The van der Waals surface area contributed by atoms with E-state index in [0.29, 0.717) is 24.2 Å². The maximum atomic E-state index is 13.0. The second-order valence-corrected chi connectivity index (χ2v) is 6.77. The zero-order valence-corrected chi connectivity index (χ0v) is 15.5. The molecule has 1 aliphatic heterocycles. The Labute approximate surface area is 167 Å². The minimum Gasteiger partial charge on any atom is -0.350 e. The highest BCUT2D eigenvalue weighted by atomic mass is 16.2. The van der Waals surface area contributed by atoms with Crippen LogP contribution in [0.5, 0.6) is 0 Å². The summed E-state index contributed by atoms with van der Waals surface area (Å²) in [6.45, 7) is 0.922. The van der Waals surface area contributed by atoms with Crippen molar-refractivity contribution in [3.05, 3.63) is 83.7 Å². The minimum absolute atomic E-state index is 0.198. The van der Waals surface area contributed by atoms with E-state index in [1.54, 1.807) is 58.7 Å². The number of hydrogen-bond donors (Lipinski definition) is 1. The Hall–Kier alpha value is -3.99. The van der Waals surface area contributed by atoms with Crippen LogP contribution in [0.1, 0.15) is 33.2 Å². The molecule has 0 aliphatic carbocycles. The number of fused-ring (bicyclic) bond motifs is 1. The van der Waals surface area contributed by atoms with Crippen molar-refractivity contribution in [2.24, 2.45) is 0 Å². The summed E-state index contributed by atoms with van der Waals surface area (Å²) in [7, 11) is 0. The van der Waals surface area contributed by atoms with Gasteiger partial charge in [0.1, 0.15) is 6.04 Å². The molecule has 0 fully saturated rings. The number of rotatable bonds is 4. The molecule has 29 heavy (non-hydrogen) atoms. The van der Waals surface area contributed by atoms with Crippen molar-refractivity contribution in [3.8, 4) is 6.07 Å². The molecule has 4 rings (SSSR count). The third-order valence-electron chi connectivity index (χ3n) is 4.85. The van der Waals surface area contributed by atoms with Crippen LogP contribution in [-0.2, 0) is 17.9 Å². The summed E-state index contributed by atoms with van der Waals surface area (Å²) >= 11 is 0. The van der Waals surface area contributed by atoms with Gasteiger partial charge in [-0.3, -0.25) is 14.6 Å². The lowest BCUT2D eigenvalue weighted by molar-refractivity contribution is -0.125. The third-order valence-corrected chi connectivity index (χ3v) is 4.85. The van der Waals surface area contributed by atoms with Gasteiger partial charge in [-0.2, -0.15) is 5.26 Å². The van der Waals surface area contributed by atoms with Crippen LogP contribution in [0.15, 0.2) is 61.3 Å². The topological polar surface area (TPSA) is 104 Å². The first-order chi connectivity index (χ1) is 14.2. The second-order valence-electron chi connectivity index (χ2n) is 6.77. The molecule has 1 atom stereocenters. The van der Waals surface area contributed by atoms with E-state index in [4.69, 9.17) is 5.26 Å². The molecule has 1 aliphatic rings. The van der Waals surface area contributed by atoms with Crippen molar-refractivity contribution in [3.63, 3.8) is 0 Å². The molecule has 0 saturated carbocycles. The predicted octanol–water partition coefficient (Wildman–Crippen LogP) is 1.66. The van der Waals surface area contributed by atoms with Gasteiger partial charge in [-0.25, -0.2) is 4.98 Å². The zero-order valence-electron chi connectivity index (χ0n) is 15.5. The van der Waals surface area contributed by atoms with Crippen LogP contribution in [-0.4, -0.2) is 37.8 Å². The fraction of sp³-hybridized carbons (Fsp3) is 0.190. The first kappa shape index (κ1) is 18.4. The molecule has 3 heterocycles. The predicted molar refractivity (Wildman–Crippen MR) is 103 cm³/mol. The van der Waals surface area contributed by atoms with E-state index in [0.717, 1.165) is 11.3 Å². The first-order valence-electron chi connectivity index (χ1n) is 9.12. The monoisotopic (exact) mass is 386 g/mol. The summed E-state index contributed by atoms with van der Waals surface area (Å²) < 4.78 is 1.80. The van der Waals surface area contributed by atoms with E-state index in [9.17, 15) is 9.59 Å². The number of carbonyl (C=O) groups excluding carboxylic acids is 2. The number of hydrogen-bond acceptors (Lipinski definition) is 5. The Balaban J connectivity index is 1.53. The molecule has 1 aromatic carbocycles. The van der Waals surface area contributed by atoms with Gasteiger partial charge in [0.05, 0.1) is 36.7 Å². The Morgan fingerprint density at radius 1 is 1.21 bits per heavy atom. The molecule has 0 bridgehead atoms. The summed E-state index contributed by atoms with van der Waals surface area (Å²) in [5, 5.41) is 12.0. The highest BCUT2D eigenvalue weighted by molar-refractivity contribution is 5.95. The van der Waals surface area contributed by atoms with E-state index in [-0.39, 0.29) is 18.4 Å². The Morgan fingerprint density at radius 2 is 2.10 bits per heavy atom. The summed E-state index contributed by atoms with van der Waals surface area (Å²) in [5.41, 5.74) is 2.52. The van der Waals surface area contributed by atoms with Gasteiger partial charge in [0.15, 0.2) is 0 Å². The molecular weight excluding hydrogens is 368 g/mol. The number of nitrogens with one attached hydrogen (secondary N) is 1. The molecule has 3 aromatic rings. The van der Waals surface area contributed by atoms with E-state index in [1.807, 2.05) is 18.2 Å². The Kier molecular flexibility index (Phi) is 5.03. The Morgan fingerprint density at radius 3 is 2.90 bits per heavy atom. The summed E-state index contributed by atoms with van der Waals surface area (Å²) in [5.74, 6) is -0.420. The molecule has 0 unspecified atom stereocenters. The first-order valence-corrected chi connectivity index (χ1v) is 9.12. The zero-order chi connectivity index (χ0) is 20.2. The molecule has 2 aromatic heterocycles. The number of aromatic nitrogens is 3. The molecule has 8 heteroatoms. The van der Waals surface area contributed by atoms with Gasteiger partial charge in [0, 0.05) is 30.7 Å². The summed E-state index contributed by atoms with van der Waals surface area (Å²) in [6.07, 6.45) is 6.64. The van der Waals surface area contributed by atoms with E-state index < -0.39 is 6.04 Å². The highest BCUT2D eigenvalue weighted by Gasteiger charge is 2.32. The molecule has 1 N–H and O–H groups in total. The van der Waals surface area contributed by atoms with E-state index in [1.165, 1.54) is 0 Å². The molecule has 0 spiro atoms. The van der Waals surface area contributed by atoms with Gasteiger partial charge in [-0.15, -0.1) is 0 Å². The normalized spacial score (nSPS) is 15.3. The molecule has 8 nitrogen and oxygen atoms in total. The van der Waals surface area contributed by atoms with Gasteiger partial charge in [-0.1, -0.05) is 12.1 Å². The fourth-order valence-electron chi connectivity index (χ4n) is 3.37. The lowest BCUT2D eigenvalue weighted by Gasteiger charge is -2.33. The van der Waals surface area contributed by atoms with Gasteiger partial charge < -0.3 is 14.8 Å². The minimum atomic E-state index is -0.582. The number of benzene rings is 1. The molecule has 144 valence electrons. The van der Waals surface area contributed by atoms with Crippen LogP contribution in [0, 0.1) is 11.3 Å². The van der Waals surface area contributed by atoms with E-state index in [2.05, 4.69) is 15.3 Å². The second kappa shape index (κ2) is 7.94. The highest BCUT2D eigenvalue weighted by Crippen LogP contribution is 2.23. The third kappa shape index (κ3) is 3.84. The number of amides is 2. The van der Waals surface area contributed by atoms with Gasteiger partial charge in [0.2, 0.25) is 5.91 Å².